The molecule has 21 heavy (non-hydrogen) atoms. The third-order valence-electron chi connectivity index (χ3n) is 2.54. The van der Waals surface area contributed by atoms with E-state index >= 15 is 0 Å². The minimum Gasteiger partial charge on any atom is -0.325 e. The Hall–Kier alpha value is -1.67. The summed E-state index contributed by atoms with van der Waals surface area (Å²) in [6, 6.07) is 14.0. The SMILES string of the molecule is N#Cc1cccc(NC(=O)CSc2c(Cl)cccc2Cl)c1. The third-order valence-corrected chi connectivity index (χ3v) is 4.53. The van der Waals surface area contributed by atoms with E-state index in [2.05, 4.69) is 5.32 Å². The van der Waals surface area contributed by atoms with Crippen molar-refractivity contribution in [2.24, 2.45) is 0 Å². The second-order valence-electron chi connectivity index (χ2n) is 4.08. The summed E-state index contributed by atoms with van der Waals surface area (Å²) in [5.74, 6) is -0.00803. The van der Waals surface area contributed by atoms with E-state index in [1.807, 2.05) is 6.07 Å². The largest absolute Gasteiger partial charge is 0.325 e. The highest BCUT2D eigenvalue weighted by molar-refractivity contribution is 8.00. The van der Waals surface area contributed by atoms with Crippen LogP contribution in [0.1, 0.15) is 5.56 Å². The molecule has 0 aromatic heterocycles. The van der Waals surface area contributed by atoms with Gasteiger partial charge in [0.2, 0.25) is 5.91 Å². The van der Waals surface area contributed by atoms with Gasteiger partial charge >= 0.3 is 0 Å². The number of nitrogens with zero attached hydrogens (tertiary/aromatic N) is 1. The molecule has 2 aromatic carbocycles. The minimum absolute atomic E-state index is 0.181. The average Bonchev–Trinajstić information content (AvgIpc) is 2.47. The maximum atomic E-state index is 11.9. The number of amides is 1. The average molecular weight is 337 g/mol. The number of nitriles is 1. The Morgan fingerprint density at radius 1 is 1.19 bits per heavy atom. The third kappa shape index (κ3) is 4.40. The van der Waals surface area contributed by atoms with E-state index in [0.717, 1.165) is 0 Å². The predicted octanol–water partition coefficient (Wildman–Crippen LogP) is 4.60. The number of halogens is 2. The maximum Gasteiger partial charge on any atom is 0.234 e. The lowest BCUT2D eigenvalue weighted by Gasteiger charge is -2.07. The van der Waals surface area contributed by atoms with Gasteiger partial charge in [-0.05, 0) is 30.3 Å². The van der Waals surface area contributed by atoms with Gasteiger partial charge in [-0.15, -0.1) is 11.8 Å². The number of benzene rings is 2. The Morgan fingerprint density at radius 3 is 2.52 bits per heavy atom. The first-order valence-corrected chi connectivity index (χ1v) is 7.71. The van der Waals surface area contributed by atoms with E-state index < -0.39 is 0 Å². The number of hydrogen-bond donors (Lipinski definition) is 1. The number of carbonyl (C=O) groups is 1. The van der Waals surface area contributed by atoms with Crippen molar-refractivity contribution in [1.82, 2.24) is 0 Å². The molecular formula is C15H10Cl2N2OS. The summed E-state index contributed by atoms with van der Waals surface area (Å²) >= 11 is 13.3. The van der Waals surface area contributed by atoms with Crippen molar-refractivity contribution < 1.29 is 4.79 Å². The molecule has 2 rings (SSSR count). The Balaban J connectivity index is 1.98. The molecule has 0 heterocycles. The molecule has 0 spiro atoms. The zero-order chi connectivity index (χ0) is 15.2. The van der Waals surface area contributed by atoms with Crippen LogP contribution < -0.4 is 5.32 Å². The van der Waals surface area contributed by atoms with Gasteiger partial charge in [0.1, 0.15) is 0 Å². The van der Waals surface area contributed by atoms with Crippen LogP contribution >= 0.6 is 35.0 Å². The highest BCUT2D eigenvalue weighted by Gasteiger charge is 2.09. The van der Waals surface area contributed by atoms with Crippen molar-refractivity contribution in [2.45, 2.75) is 4.90 Å². The molecule has 0 aliphatic heterocycles. The summed E-state index contributed by atoms with van der Waals surface area (Å²) in [5.41, 5.74) is 1.08. The summed E-state index contributed by atoms with van der Waals surface area (Å²) in [6.45, 7) is 0. The molecule has 0 unspecified atom stereocenters. The van der Waals surface area contributed by atoms with Gasteiger partial charge in [-0.3, -0.25) is 4.79 Å². The first-order chi connectivity index (χ1) is 10.1. The fourth-order valence-corrected chi connectivity index (χ4v) is 3.11. The Kier molecular flexibility index (Phi) is 5.51. The molecule has 0 bridgehead atoms. The molecule has 0 aliphatic carbocycles. The lowest BCUT2D eigenvalue weighted by molar-refractivity contribution is -0.113. The van der Waals surface area contributed by atoms with Gasteiger partial charge in [0, 0.05) is 10.6 Å². The fourth-order valence-electron chi connectivity index (χ4n) is 1.62. The van der Waals surface area contributed by atoms with Crippen LogP contribution in [0.15, 0.2) is 47.4 Å². The van der Waals surface area contributed by atoms with Crippen molar-refractivity contribution in [1.29, 1.82) is 5.26 Å². The summed E-state index contributed by atoms with van der Waals surface area (Å²) in [4.78, 5) is 12.6. The smallest absolute Gasteiger partial charge is 0.234 e. The summed E-state index contributed by atoms with van der Waals surface area (Å²) < 4.78 is 0. The highest BCUT2D eigenvalue weighted by Crippen LogP contribution is 2.33. The first-order valence-electron chi connectivity index (χ1n) is 5.97. The Labute approximate surface area is 136 Å². The van der Waals surface area contributed by atoms with E-state index in [0.29, 0.717) is 26.2 Å². The molecule has 0 fully saturated rings. The lowest BCUT2D eigenvalue weighted by Crippen LogP contribution is -2.14. The highest BCUT2D eigenvalue weighted by atomic mass is 35.5. The normalized spacial score (nSPS) is 9.95. The van der Waals surface area contributed by atoms with E-state index in [-0.39, 0.29) is 11.7 Å². The number of hydrogen-bond acceptors (Lipinski definition) is 3. The second kappa shape index (κ2) is 7.37. The van der Waals surface area contributed by atoms with Crippen LogP contribution in [0.5, 0.6) is 0 Å². The molecule has 6 heteroatoms. The lowest BCUT2D eigenvalue weighted by atomic mass is 10.2. The molecule has 3 nitrogen and oxygen atoms in total. The number of rotatable bonds is 4. The van der Waals surface area contributed by atoms with Crippen LogP contribution in [0, 0.1) is 11.3 Å². The van der Waals surface area contributed by atoms with E-state index in [1.54, 1.807) is 42.5 Å². The standard InChI is InChI=1S/C15H10Cl2N2OS/c16-12-5-2-6-13(17)15(12)21-9-14(20)19-11-4-1-3-10(7-11)8-18/h1-7H,9H2,(H,19,20). The molecule has 1 N–H and O–H groups in total. The summed E-state index contributed by atoms with van der Waals surface area (Å²) in [5, 5.41) is 12.6. The maximum absolute atomic E-state index is 11.9. The van der Waals surface area contributed by atoms with E-state index in [4.69, 9.17) is 28.5 Å². The van der Waals surface area contributed by atoms with Crippen molar-refractivity contribution in [3.8, 4) is 6.07 Å². The molecule has 0 aliphatic rings. The van der Waals surface area contributed by atoms with Crippen LogP contribution in [0.4, 0.5) is 5.69 Å². The zero-order valence-corrected chi connectivity index (χ0v) is 13.1. The van der Waals surface area contributed by atoms with Gasteiger partial charge in [-0.1, -0.05) is 35.3 Å². The van der Waals surface area contributed by atoms with Crippen LogP contribution in [0.2, 0.25) is 10.0 Å². The van der Waals surface area contributed by atoms with Crippen molar-refractivity contribution >= 4 is 46.6 Å². The van der Waals surface area contributed by atoms with Gasteiger partial charge in [0.05, 0.1) is 27.4 Å². The summed E-state index contributed by atoms with van der Waals surface area (Å²) in [6.07, 6.45) is 0. The van der Waals surface area contributed by atoms with Gasteiger partial charge in [-0.2, -0.15) is 5.26 Å². The molecule has 0 radical (unpaired) electrons. The number of anilines is 1. The molecule has 1 amide bonds. The quantitative estimate of drug-likeness (QED) is 0.830. The first kappa shape index (κ1) is 15.7. The van der Waals surface area contributed by atoms with E-state index in [1.165, 1.54) is 11.8 Å². The monoisotopic (exact) mass is 336 g/mol. The van der Waals surface area contributed by atoms with Crippen molar-refractivity contribution in [2.75, 3.05) is 11.1 Å². The Morgan fingerprint density at radius 2 is 1.86 bits per heavy atom. The predicted molar refractivity (Wildman–Crippen MR) is 87.0 cm³/mol. The molecule has 2 aromatic rings. The molecule has 0 saturated carbocycles. The molecule has 106 valence electrons. The van der Waals surface area contributed by atoms with Crippen molar-refractivity contribution in [3.63, 3.8) is 0 Å². The topological polar surface area (TPSA) is 52.9 Å². The number of nitrogens with one attached hydrogen (secondary N) is 1. The Bertz CT molecular complexity index is 693. The van der Waals surface area contributed by atoms with Gasteiger partial charge in [0.15, 0.2) is 0 Å². The van der Waals surface area contributed by atoms with Gasteiger partial charge < -0.3 is 5.32 Å². The van der Waals surface area contributed by atoms with E-state index in [9.17, 15) is 4.79 Å². The number of thioether (sulfide) groups is 1. The number of carbonyl (C=O) groups excluding carboxylic acids is 1. The zero-order valence-electron chi connectivity index (χ0n) is 10.8. The second-order valence-corrected chi connectivity index (χ2v) is 5.88. The van der Waals surface area contributed by atoms with Gasteiger partial charge in [-0.25, -0.2) is 0 Å². The summed E-state index contributed by atoms with van der Waals surface area (Å²) in [7, 11) is 0. The van der Waals surface area contributed by atoms with Crippen LogP contribution in [0.3, 0.4) is 0 Å². The van der Waals surface area contributed by atoms with Crippen LogP contribution in [0.25, 0.3) is 0 Å². The molecular weight excluding hydrogens is 327 g/mol. The molecule has 0 saturated heterocycles. The van der Waals surface area contributed by atoms with Crippen molar-refractivity contribution in [3.05, 3.63) is 58.1 Å². The minimum atomic E-state index is -0.189. The van der Waals surface area contributed by atoms with Crippen LogP contribution in [-0.4, -0.2) is 11.7 Å². The van der Waals surface area contributed by atoms with Gasteiger partial charge in [0.25, 0.3) is 0 Å². The molecule has 0 atom stereocenters. The van der Waals surface area contributed by atoms with Crippen LogP contribution in [-0.2, 0) is 4.79 Å². The fraction of sp³-hybridized carbons (Fsp3) is 0.0667.